The maximum absolute atomic E-state index is 12.3. The second kappa shape index (κ2) is 10.8. The molecule has 0 aliphatic heterocycles. The van der Waals surface area contributed by atoms with E-state index < -0.39 is 24.0 Å². The molecule has 2 amide bonds. The normalized spacial score (nSPS) is 12.8. The average molecular weight is 475 g/mol. The van der Waals surface area contributed by atoms with Crippen LogP contribution < -0.4 is 10.6 Å². The lowest BCUT2D eigenvalue weighted by Crippen LogP contribution is -2.36. The van der Waals surface area contributed by atoms with Crippen LogP contribution in [0, 0.1) is 0 Å². The van der Waals surface area contributed by atoms with E-state index in [1.165, 1.54) is 12.4 Å². The standard InChI is InChI=1S/C26H26N4O5/c1-2-17(11-24(31)32)30-25(33)16-12-27-23(28-13-16)14-29-26(34)35-15-22-20-9-5-3-7-18(20)19-8-4-6-10-21(19)22/h3-10,12-13,17,22H,2,11,14-15H2,1H3,(H,29,34)(H,30,33)(H,31,32). The van der Waals surface area contributed by atoms with Crippen LogP contribution in [0.1, 0.15) is 53.0 Å². The number of hydrogen-bond acceptors (Lipinski definition) is 6. The Morgan fingerprint density at radius 1 is 1.00 bits per heavy atom. The fourth-order valence-electron chi connectivity index (χ4n) is 4.14. The van der Waals surface area contributed by atoms with Gasteiger partial charge in [0.2, 0.25) is 0 Å². The number of aliphatic carboxylic acids is 1. The van der Waals surface area contributed by atoms with Crippen LogP contribution in [0.3, 0.4) is 0 Å². The van der Waals surface area contributed by atoms with Gasteiger partial charge < -0.3 is 20.5 Å². The number of nitrogens with one attached hydrogen (secondary N) is 2. The van der Waals surface area contributed by atoms with Gasteiger partial charge in [-0.25, -0.2) is 14.8 Å². The van der Waals surface area contributed by atoms with Crippen molar-refractivity contribution in [2.24, 2.45) is 0 Å². The molecule has 1 aromatic heterocycles. The quantitative estimate of drug-likeness (QED) is 0.433. The van der Waals surface area contributed by atoms with Crippen molar-refractivity contribution in [2.75, 3.05) is 6.61 Å². The highest BCUT2D eigenvalue weighted by Gasteiger charge is 2.29. The van der Waals surface area contributed by atoms with E-state index in [0.29, 0.717) is 12.2 Å². The summed E-state index contributed by atoms with van der Waals surface area (Å²) in [4.78, 5) is 43.7. The van der Waals surface area contributed by atoms with Gasteiger partial charge in [-0.15, -0.1) is 0 Å². The van der Waals surface area contributed by atoms with Crippen LogP contribution in [0.4, 0.5) is 4.79 Å². The summed E-state index contributed by atoms with van der Waals surface area (Å²) in [5, 5.41) is 14.2. The number of carbonyl (C=O) groups excluding carboxylic acids is 2. The molecule has 1 heterocycles. The van der Waals surface area contributed by atoms with Gasteiger partial charge in [-0.3, -0.25) is 9.59 Å². The third kappa shape index (κ3) is 5.63. The first-order valence-corrected chi connectivity index (χ1v) is 11.4. The molecule has 0 bridgehead atoms. The SMILES string of the molecule is CCC(CC(=O)O)NC(=O)c1cnc(CNC(=O)OCC2c3ccccc3-c3ccccc32)nc1. The first kappa shape index (κ1) is 23.9. The third-order valence-corrected chi connectivity index (χ3v) is 5.95. The summed E-state index contributed by atoms with van der Waals surface area (Å²) in [6.07, 6.45) is 2.42. The lowest BCUT2D eigenvalue weighted by atomic mass is 9.98. The molecule has 3 N–H and O–H groups in total. The minimum absolute atomic E-state index is 0.0322. The Labute approximate surface area is 202 Å². The number of carboxylic acid groups (broad SMARTS) is 1. The number of carbonyl (C=O) groups is 3. The number of carboxylic acids is 1. The van der Waals surface area contributed by atoms with Crippen molar-refractivity contribution in [3.05, 3.63) is 83.4 Å². The van der Waals surface area contributed by atoms with Gasteiger partial charge in [0, 0.05) is 24.4 Å². The highest BCUT2D eigenvalue weighted by Crippen LogP contribution is 2.44. The summed E-state index contributed by atoms with van der Waals surface area (Å²) >= 11 is 0. The van der Waals surface area contributed by atoms with E-state index in [9.17, 15) is 14.4 Å². The molecule has 3 aromatic rings. The zero-order valence-corrected chi connectivity index (χ0v) is 19.2. The summed E-state index contributed by atoms with van der Waals surface area (Å²) in [5.41, 5.74) is 4.78. The molecule has 0 saturated heterocycles. The van der Waals surface area contributed by atoms with Gasteiger partial charge in [0.25, 0.3) is 5.91 Å². The van der Waals surface area contributed by atoms with Crippen molar-refractivity contribution in [3.63, 3.8) is 0 Å². The number of amides is 2. The molecular formula is C26H26N4O5. The van der Waals surface area contributed by atoms with Crippen molar-refractivity contribution in [1.82, 2.24) is 20.6 Å². The van der Waals surface area contributed by atoms with Gasteiger partial charge in [0.05, 0.1) is 18.5 Å². The second-order valence-electron chi connectivity index (χ2n) is 8.24. The summed E-state index contributed by atoms with van der Waals surface area (Å²) in [5.74, 6) is -1.15. The predicted octanol–water partition coefficient (Wildman–Crippen LogP) is 3.50. The lowest BCUT2D eigenvalue weighted by Gasteiger charge is -2.15. The molecule has 0 saturated carbocycles. The van der Waals surface area contributed by atoms with Crippen molar-refractivity contribution >= 4 is 18.0 Å². The van der Waals surface area contributed by atoms with Gasteiger partial charge in [-0.05, 0) is 28.7 Å². The van der Waals surface area contributed by atoms with Crippen LogP contribution in [-0.4, -0.2) is 45.7 Å². The molecule has 9 heteroatoms. The Morgan fingerprint density at radius 3 is 2.17 bits per heavy atom. The van der Waals surface area contributed by atoms with Crippen LogP contribution in [0.2, 0.25) is 0 Å². The summed E-state index contributed by atoms with van der Waals surface area (Å²) < 4.78 is 5.49. The molecule has 0 radical (unpaired) electrons. The Hall–Kier alpha value is -4.27. The van der Waals surface area contributed by atoms with Crippen LogP contribution in [-0.2, 0) is 16.1 Å². The Kier molecular flexibility index (Phi) is 7.35. The molecule has 9 nitrogen and oxygen atoms in total. The van der Waals surface area contributed by atoms with E-state index in [2.05, 4.69) is 44.9 Å². The highest BCUT2D eigenvalue weighted by molar-refractivity contribution is 5.94. The maximum Gasteiger partial charge on any atom is 0.407 e. The van der Waals surface area contributed by atoms with Crippen LogP contribution in [0.15, 0.2) is 60.9 Å². The van der Waals surface area contributed by atoms with E-state index in [0.717, 1.165) is 22.3 Å². The molecule has 1 aliphatic carbocycles. The van der Waals surface area contributed by atoms with E-state index in [-0.39, 0.29) is 31.1 Å². The Balaban J connectivity index is 1.29. The number of fused-ring (bicyclic) bond motifs is 3. The number of benzene rings is 2. The monoisotopic (exact) mass is 474 g/mol. The number of rotatable bonds is 9. The van der Waals surface area contributed by atoms with Gasteiger partial charge >= 0.3 is 12.1 Å². The zero-order valence-electron chi connectivity index (χ0n) is 19.2. The first-order valence-electron chi connectivity index (χ1n) is 11.4. The fourth-order valence-corrected chi connectivity index (χ4v) is 4.14. The molecule has 1 atom stereocenters. The second-order valence-corrected chi connectivity index (χ2v) is 8.24. The first-order chi connectivity index (χ1) is 17.0. The molecule has 0 fully saturated rings. The number of ether oxygens (including phenoxy) is 1. The summed E-state index contributed by atoms with van der Waals surface area (Å²) in [6.45, 7) is 2.03. The van der Waals surface area contributed by atoms with Gasteiger partial charge in [-0.2, -0.15) is 0 Å². The smallest absolute Gasteiger partial charge is 0.407 e. The number of alkyl carbamates (subject to hydrolysis) is 1. The van der Waals surface area contributed by atoms with E-state index >= 15 is 0 Å². The van der Waals surface area contributed by atoms with Crippen molar-refractivity contribution in [1.29, 1.82) is 0 Å². The van der Waals surface area contributed by atoms with Crippen LogP contribution in [0.5, 0.6) is 0 Å². The van der Waals surface area contributed by atoms with Gasteiger partial charge in [-0.1, -0.05) is 55.5 Å². The van der Waals surface area contributed by atoms with Crippen molar-refractivity contribution in [2.45, 2.75) is 38.3 Å². The molecule has 1 unspecified atom stereocenters. The number of nitrogens with zero attached hydrogens (tertiary/aromatic N) is 2. The molecule has 35 heavy (non-hydrogen) atoms. The predicted molar refractivity (Wildman–Crippen MR) is 128 cm³/mol. The van der Waals surface area contributed by atoms with E-state index in [4.69, 9.17) is 9.84 Å². The maximum atomic E-state index is 12.3. The van der Waals surface area contributed by atoms with E-state index in [1.807, 2.05) is 24.3 Å². The van der Waals surface area contributed by atoms with Gasteiger partial charge in [0.15, 0.2) is 0 Å². The zero-order chi connectivity index (χ0) is 24.8. The van der Waals surface area contributed by atoms with E-state index in [1.54, 1.807) is 6.92 Å². The minimum Gasteiger partial charge on any atom is -0.481 e. The summed E-state index contributed by atoms with van der Waals surface area (Å²) in [6, 6.07) is 15.7. The molecule has 180 valence electrons. The number of hydrogen-bond donors (Lipinski definition) is 3. The molecule has 1 aliphatic rings. The van der Waals surface area contributed by atoms with Gasteiger partial charge in [0.1, 0.15) is 12.4 Å². The van der Waals surface area contributed by atoms with Crippen molar-refractivity contribution in [3.8, 4) is 11.1 Å². The average Bonchev–Trinajstić information content (AvgIpc) is 3.19. The lowest BCUT2D eigenvalue weighted by molar-refractivity contribution is -0.137. The van der Waals surface area contributed by atoms with Crippen LogP contribution >= 0.6 is 0 Å². The molecule has 4 rings (SSSR count). The largest absolute Gasteiger partial charge is 0.481 e. The summed E-state index contributed by atoms with van der Waals surface area (Å²) in [7, 11) is 0. The topological polar surface area (TPSA) is 131 Å². The molecule has 2 aromatic carbocycles. The Bertz CT molecular complexity index is 1180. The minimum atomic E-state index is -0.983. The number of aromatic nitrogens is 2. The van der Waals surface area contributed by atoms with Crippen LogP contribution in [0.25, 0.3) is 11.1 Å². The third-order valence-electron chi connectivity index (χ3n) is 5.95. The van der Waals surface area contributed by atoms with Crippen molar-refractivity contribution < 1.29 is 24.2 Å². The Morgan fingerprint density at radius 2 is 1.60 bits per heavy atom. The fraction of sp³-hybridized carbons (Fsp3) is 0.269. The molecule has 0 spiro atoms. The molecular weight excluding hydrogens is 448 g/mol. The highest BCUT2D eigenvalue weighted by atomic mass is 16.5.